The van der Waals surface area contributed by atoms with Crippen molar-refractivity contribution < 1.29 is 0 Å². The highest BCUT2D eigenvalue weighted by Crippen LogP contribution is 2.43. The molecule has 4 nitrogen and oxygen atoms in total. The predicted molar refractivity (Wildman–Crippen MR) is 250 cm³/mol. The maximum Gasteiger partial charge on any atom is 0.160 e. The normalized spacial score (nSPS) is 11.7. The lowest BCUT2D eigenvalue weighted by atomic mass is 10.0. The zero-order chi connectivity index (χ0) is 39.6. The van der Waals surface area contributed by atoms with Gasteiger partial charge in [0, 0.05) is 49.3 Å². The Morgan fingerprint density at radius 1 is 0.317 bits per heavy atom. The summed E-state index contributed by atoms with van der Waals surface area (Å²) in [5, 5.41) is 7.36. The Labute approximate surface area is 346 Å². The number of hydrogen-bond donors (Lipinski definition) is 0. The Morgan fingerprint density at radius 2 is 0.900 bits per heavy atom. The molecule has 12 aromatic rings. The number of aromatic nitrogens is 4. The second-order valence-corrected chi connectivity index (χ2v) is 15.4. The summed E-state index contributed by atoms with van der Waals surface area (Å²) < 4.78 is 4.91. The van der Waals surface area contributed by atoms with E-state index in [9.17, 15) is 0 Å². The molecule has 0 bridgehead atoms. The Bertz CT molecular complexity index is 3590. The SMILES string of the molecule is c1ccc(-c2cccc(-c3nc(-c4ccccc4)cc(-c4cccc(-n5c6ccccc6c6c5ccc5c7ccccc7n(-c7cccc8ccccc78)c56)c4)n3)c2)cc1. The lowest BCUT2D eigenvalue weighted by molar-refractivity contribution is 1.16. The van der Waals surface area contributed by atoms with Crippen molar-refractivity contribution in [2.24, 2.45) is 0 Å². The summed E-state index contributed by atoms with van der Waals surface area (Å²) in [5.74, 6) is 0.690. The Morgan fingerprint density at radius 3 is 1.72 bits per heavy atom. The Hall–Kier alpha value is -8.08. The van der Waals surface area contributed by atoms with E-state index in [-0.39, 0.29) is 0 Å². The van der Waals surface area contributed by atoms with Crippen molar-refractivity contribution in [2.75, 3.05) is 0 Å². The number of para-hydroxylation sites is 2. The van der Waals surface area contributed by atoms with Crippen LogP contribution in [0.4, 0.5) is 0 Å². The van der Waals surface area contributed by atoms with Gasteiger partial charge in [0.2, 0.25) is 0 Å². The molecule has 0 aliphatic carbocycles. The molecule has 3 aromatic heterocycles. The van der Waals surface area contributed by atoms with Gasteiger partial charge in [0.05, 0.1) is 39.1 Å². The second-order valence-electron chi connectivity index (χ2n) is 15.4. The molecule has 0 amide bonds. The molecule has 4 heteroatoms. The van der Waals surface area contributed by atoms with Crippen LogP contribution in [-0.2, 0) is 0 Å². The molecule has 3 heterocycles. The van der Waals surface area contributed by atoms with E-state index in [0.717, 1.165) is 55.9 Å². The fourth-order valence-electron chi connectivity index (χ4n) is 9.19. The molecule has 60 heavy (non-hydrogen) atoms. The molecular weight excluding hydrogens is 729 g/mol. The lowest BCUT2D eigenvalue weighted by Gasteiger charge is -2.13. The average molecular weight is 765 g/mol. The van der Waals surface area contributed by atoms with Crippen molar-refractivity contribution in [1.82, 2.24) is 19.1 Å². The topological polar surface area (TPSA) is 35.6 Å². The molecule has 9 aromatic carbocycles. The first kappa shape index (κ1) is 34.0. The van der Waals surface area contributed by atoms with E-state index in [1.165, 1.54) is 49.0 Å². The fraction of sp³-hybridized carbons (Fsp3) is 0. The van der Waals surface area contributed by atoms with Crippen LogP contribution in [0, 0.1) is 0 Å². The Kier molecular flexibility index (Phi) is 7.82. The van der Waals surface area contributed by atoms with Crippen LogP contribution in [0.1, 0.15) is 0 Å². The van der Waals surface area contributed by atoms with Crippen LogP contribution in [0.15, 0.2) is 218 Å². The van der Waals surface area contributed by atoms with E-state index < -0.39 is 0 Å². The molecule has 12 rings (SSSR count). The van der Waals surface area contributed by atoms with Crippen LogP contribution in [0.2, 0.25) is 0 Å². The van der Waals surface area contributed by atoms with Crippen LogP contribution >= 0.6 is 0 Å². The first-order valence-corrected chi connectivity index (χ1v) is 20.4. The van der Waals surface area contributed by atoms with Crippen molar-refractivity contribution in [3.8, 4) is 56.4 Å². The first-order valence-electron chi connectivity index (χ1n) is 20.4. The van der Waals surface area contributed by atoms with Gasteiger partial charge in [0.25, 0.3) is 0 Å². The molecular formula is C56H36N4. The van der Waals surface area contributed by atoms with Gasteiger partial charge in [-0.2, -0.15) is 0 Å². The van der Waals surface area contributed by atoms with Gasteiger partial charge in [-0.25, -0.2) is 9.97 Å². The number of fused-ring (bicyclic) bond motifs is 8. The van der Waals surface area contributed by atoms with Crippen LogP contribution in [0.25, 0.3) is 111 Å². The zero-order valence-corrected chi connectivity index (χ0v) is 32.6. The summed E-state index contributed by atoms with van der Waals surface area (Å²) in [7, 11) is 0. The average Bonchev–Trinajstić information content (AvgIpc) is 3.85. The van der Waals surface area contributed by atoms with Gasteiger partial charge >= 0.3 is 0 Å². The fourth-order valence-corrected chi connectivity index (χ4v) is 9.19. The minimum absolute atomic E-state index is 0.690. The van der Waals surface area contributed by atoms with Gasteiger partial charge < -0.3 is 9.13 Å². The molecule has 0 aliphatic heterocycles. The lowest BCUT2D eigenvalue weighted by Crippen LogP contribution is -1.98. The van der Waals surface area contributed by atoms with Crippen LogP contribution in [-0.4, -0.2) is 19.1 Å². The highest BCUT2D eigenvalue weighted by atomic mass is 15.0. The minimum atomic E-state index is 0.690. The Balaban J connectivity index is 1.08. The molecule has 0 saturated carbocycles. The van der Waals surface area contributed by atoms with Crippen LogP contribution < -0.4 is 0 Å². The summed E-state index contributed by atoms with van der Waals surface area (Å²) >= 11 is 0. The van der Waals surface area contributed by atoms with Crippen molar-refractivity contribution in [1.29, 1.82) is 0 Å². The quantitative estimate of drug-likeness (QED) is 0.169. The molecule has 0 aliphatic rings. The molecule has 0 radical (unpaired) electrons. The van der Waals surface area contributed by atoms with E-state index >= 15 is 0 Å². The van der Waals surface area contributed by atoms with E-state index in [2.05, 4.69) is 215 Å². The van der Waals surface area contributed by atoms with Gasteiger partial charge in [-0.05, 0) is 65.0 Å². The molecule has 0 fully saturated rings. The van der Waals surface area contributed by atoms with E-state index in [1.807, 2.05) is 12.1 Å². The van der Waals surface area contributed by atoms with Gasteiger partial charge in [0.1, 0.15) is 0 Å². The van der Waals surface area contributed by atoms with Gasteiger partial charge in [-0.15, -0.1) is 0 Å². The summed E-state index contributed by atoms with van der Waals surface area (Å²) in [6.45, 7) is 0. The van der Waals surface area contributed by atoms with Crippen molar-refractivity contribution in [2.45, 2.75) is 0 Å². The summed E-state index contributed by atoms with van der Waals surface area (Å²) in [6.07, 6.45) is 0. The van der Waals surface area contributed by atoms with Crippen LogP contribution in [0.3, 0.4) is 0 Å². The van der Waals surface area contributed by atoms with Crippen LogP contribution in [0.5, 0.6) is 0 Å². The standard InChI is InChI=1S/C56H36N4/c1-3-16-37(17-4-1)40-22-13-24-42(34-40)56-57-48(39-19-5-2-6-20-39)36-49(58-56)41-23-14-25-43(35-41)59-52-30-12-10-28-47(52)54-53(59)33-32-46-45-27-9-11-29-51(45)60(55(46)54)50-31-15-21-38-18-7-8-26-44(38)50/h1-36H. The molecule has 0 N–H and O–H groups in total. The largest absolute Gasteiger partial charge is 0.309 e. The van der Waals surface area contributed by atoms with E-state index in [4.69, 9.17) is 9.97 Å². The molecule has 0 saturated heterocycles. The highest BCUT2D eigenvalue weighted by molar-refractivity contribution is 6.26. The predicted octanol–water partition coefficient (Wildman–Crippen LogP) is 14.5. The second kappa shape index (κ2) is 13.8. The van der Waals surface area contributed by atoms with Crippen molar-refractivity contribution >= 4 is 54.4 Å². The monoisotopic (exact) mass is 764 g/mol. The maximum atomic E-state index is 5.29. The van der Waals surface area contributed by atoms with E-state index in [0.29, 0.717) is 5.82 Å². The highest BCUT2D eigenvalue weighted by Gasteiger charge is 2.22. The number of hydrogen-bond acceptors (Lipinski definition) is 2. The summed E-state index contributed by atoms with van der Waals surface area (Å²) in [5.41, 5.74) is 14.0. The molecule has 280 valence electrons. The molecule has 0 atom stereocenters. The number of nitrogens with zero attached hydrogens (tertiary/aromatic N) is 4. The third-order valence-electron chi connectivity index (χ3n) is 11.9. The van der Waals surface area contributed by atoms with Gasteiger partial charge in [-0.3, -0.25) is 0 Å². The molecule has 0 unspecified atom stereocenters. The molecule has 0 spiro atoms. The number of rotatable bonds is 6. The smallest absolute Gasteiger partial charge is 0.160 e. The minimum Gasteiger partial charge on any atom is -0.309 e. The van der Waals surface area contributed by atoms with Crippen molar-refractivity contribution in [3.63, 3.8) is 0 Å². The third kappa shape index (κ3) is 5.46. The summed E-state index contributed by atoms with van der Waals surface area (Å²) in [4.78, 5) is 10.5. The summed E-state index contributed by atoms with van der Waals surface area (Å²) in [6, 6.07) is 77.9. The zero-order valence-electron chi connectivity index (χ0n) is 32.6. The first-order chi connectivity index (χ1) is 29.8. The maximum absolute atomic E-state index is 5.29. The van der Waals surface area contributed by atoms with Crippen molar-refractivity contribution in [3.05, 3.63) is 218 Å². The number of benzene rings is 9. The van der Waals surface area contributed by atoms with E-state index in [1.54, 1.807) is 0 Å². The van der Waals surface area contributed by atoms with Gasteiger partial charge in [-0.1, -0.05) is 170 Å². The third-order valence-corrected chi connectivity index (χ3v) is 11.9. The van der Waals surface area contributed by atoms with Gasteiger partial charge in [0.15, 0.2) is 5.82 Å².